The van der Waals surface area contributed by atoms with Gasteiger partial charge in [0.1, 0.15) is 9.92 Å². The zero-order valence-corrected chi connectivity index (χ0v) is 19.7. The molecule has 2 heterocycles. The van der Waals surface area contributed by atoms with E-state index in [0.717, 1.165) is 10.00 Å². The Morgan fingerprint density at radius 2 is 1.97 bits per heavy atom. The third-order valence-electron chi connectivity index (χ3n) is 4.22. The molecule has 0 amide bonds. The molecular weight excluding hydrogens is 481 g/mol. The second-order valence-corrected chi connectivity index (χ2v) is 10.0. The predicted molar refractivity (Wildman–Crippen MR) is 123 cm³/mol. The summed E-state index contributed by atoms with van der Waals surface area (Å²) in [5.41, 5.74) is 6.93. The Morgan fingerprint density at radius 3 is 2.65 bits per heavy atom. The minimum absolute atomic E-state index is 0.0110. The Hall–Kier alpha value is -2.11. The third-order valence-corrected chi connectivity index (χ3v) is 7.96. The molecule has 1 unspecified atom stereocenters. The van der Waals surface area contributed by atoms with Gasteiger partial charge in [0.2, 0.25) is 5.82 Å². The van der Waals surface area contributed by atoms with Gasteiger partial charge in [-0.2, -0.15) is 0 Å². The lowest BCUT2D eigenvalue weighted by molar-refractivity contribution is 0.393. The van der Waals surface area contributed by atoms with E-state index < -0.39 is 10.0 Å². The molecule has 3 rings (SSSR count). The zero-order chi connectivity index (χ0) is 22.6. The highest BCUT2D eigenvalue weighted by molar-refractivity contribution is 7.99. The normalized spacial score (nSPS) is 12.4. The lowest BCUT2D eigenvalue weighted by Gasteiger charge is -2.21. The van der Waals surface area contributed by atoms with Crippen molar-refractivity contribution in [1.82, 2.24) is 15.0 Å². The molecule has 31 heavy (non-hydrogen) atoms. The van der Waals surface area contributed by atoms with E-state index in [1.807, 2.05) is 18.2 Å². The fourth-order valence-corrected chi connectivity index (χ4v) is 5.25. The summed E-state index contributed by atoms with van der Waals surface area (Å²) in [4.78, 5) is 12.7. The van der Waals surface area contributed by atoms with Gasteiger partial charge in [0.25, 0.3) is 15.9 Å². The van der Waals surface area contributed by atoms with Crippen molar-refractivity contribution < 1.29 is 13.2 Å². The summed E-state index contributed by atoms with van der Waals surface area (Å²) in [5.74, 6) is 0.554. The standard InChI is InChI=1S/C19H19Cl2N5O3S2/c1-26(31(27,28)15-8-5-6-12(20)17(15)21)18-19(29-2)25-16(10-24-18)30-11-13(22)14-7-3-4-9-23-14/h3-10,13H,11,22H2,1-2H3. The number of thioether (sulfide) groups is 1. The minimum Gasteiger partial charge on any atom is -0.478 e. The number of ether oxygens (including phenoxy) is 1. The van der Waals surface area contributed by atoms with E-state index in [1.165, 1.54) is 50.3 Å². The first kappa shape index (κ1) is 23.6. The van der Waals surface area contributed by atoms with Crippen molar-refractivity contribution in [1.29, 1.82) is 0 Å². The number of sulfonamides is 1. The van der Waals surface area contributed by atoms with E-state index >= 15 is 0 Å². The largest absolute Gasteiger partial charge is 0.478 e. The Balaban J connectivity index is 1.83. The van der Waals surface area contributed by atoms with E-state index in [4.69, 9.17) is 33.7 Å². The van der Waals surface area contributed by atoms with Crippen LogP contribution in [0.25, 0.3) is 0 Å². The zero-order valence-electron chi connectivity index (χ0n) is 16.6. The SMILES string of the molecule is COc1nc(SCC(N)c2ccccn2)cnc1N(C)S(=O)(=O)c1cccc(Cl)c1Cl. The molecule has 0 bridgehead atoms. The molecule has 0 aliphatic heterocycles. The summed E-state index contributed by atoms with van der Waals surface area (Å²) in [7, 11) is -1.33. The second kappa shape index (κ2) is 10.0. The smallest absolute Gasteiger partial charge is 0.266 e. The fourth-order valence-electron chi connectivity index (χ4n) is 2.57. The van der Waals surface area contributed by atoms with Crippen LogP contribution in [0.15, 0.2) is 58.7 Å². The summed E-state index contributed by atoms with van der Waals surface area (Å²) in [6.07, 6.45) is 3.14. The summed E-state index contributed by atoms with van der Waals surface area (Å²) < 4.78 is 32.4. The van der Waals surface area contributed by atoms with Gasteiger partial charge in [-0.25, -0.2) is 22.7 Å². The number of nitrogens with zero attached hydrogens (tertiary/aromatic N) is 4. The van der Waals surface area contributed by atoms with Crippen LogP contribution in [0, 0.1) is 0 Å². The van der Waals surface area contributed by atoms with Crippen molar-refractivity contribution in [2.75, 3.05) is 24.2 Å². The first-order valence-corrected chi connectivity index (χ1v) is 12.1. The quantitative estimate of drug-likeness (QED) is 0.465. The van der Waals surface area contributed by atoms with Gasteiger partial charge in [0.05, 0.1) is 35.1 Å². The lowest BCUT2D eigenvalue weighted by atomic mass is 10.2. The summed E-state index contributed by atoms with van der Waals surface area (Å²) in [6.45, 7) is 0. The highest BCUT2D eigenvalue weighted by Gasteiger charge is 2.29. The van der Waals surface area contributed by atoms with Crippen LogP contribution in [0.2, 0.25) is 10.0 Å². The monoisotopic (exact) mass is 499 g/mol. The van der Waals surface area contributed by atoms with Crippen LogP contribution in [-0.2, 0) is 10.0 Å². The van der Waals surface area contributed by atoms with Crippen molar-refractivity contribution in [3.63, 3.8) is 0 Å². The van der Waals surface area contributed by atoms with Gasteiger partial charge in [0, 0.05) is 19.0 Å². The van der Waals surface area contributed by atoms with Gasteiger partial charge in [0.15, 0.2) is 0 Å². The van der Waals surface area contributed by atoms with E-state index in [-0.39, 0.29) is 32.7 Å². The minimum atomic E-state index is -4.05. The first-order valence-electron chi connectivity index (χ1n) is 8.89. The molecule has 1 aromatic carbocycles. The molecule has 2 N–H and O–H groups in total. The molecule has 164 valence electrons. The number of rotatable bonds is 8. The fraction of sp³-hybridized carbons (Fsp3) is 0.211. The molecule has 1 atom stereocenters. The van der Waals surface area contributed by atoms with Crippen molar-refractivity contribution >= 4 is 50.8 Å². The predicted octanol–water partition coefficient (Wildman–Crippen LogP) is 3.80. The van der Waals surface area contributed by atoms with Crippen LogP contribution in [0.1, 0.15) is 11.7 Å². The van der Waals surface area contributed by atoms with E-state index in [9.17, 15) is 8.42 Å². The van der Waals surface area contributed by atoms with Crippen LogP contribution in [0.5, 0.6) is 5.88 Å². The van der Waals surface area contributed by atoms with Gasteiger partial charge in [-0.05, 0) is 24.3 Å². The van der Waals surface area contributed by atoms with Gasteiger partial charge in [-0.3, -0.25) is 4.98 Å². The van der Waals surface area contributed by atoms with Crippen molar-refractivity contribution in [2.24, 2.45) is 5.73 Å². The average Bonchev–Trinajstić information content (AvgIpc) is 2.79. The molecule has 0 saturated heterocycles. The Labute approximate surface area is 194 Å². The van der Waals surface area contributed by atoms with Gasteiger partial charge in [-0.15, -0.1) is 11.8 Å². The highest BCUT2D eigenvalue weighted by Crippen LogP contribution is 2.34. The van der Waals surface area contributed by atoms with E-state index in [2.05, 4.69) is 15.0 Å². The van der Waals surface area contributed by atoms with Crippen LogP contribution in [-0.4, -0.2) is 43.3 Å². The lowest BCUT2D eigenvalue weighted by Crippen LogP contribution is -2.28. The van der Waals surface area contributed by atoms with Gasteiger partial charge < -0.3 is 10.5 Å². The number of anilines is 1. The molecule has 2 aromatic heterocycles. The van der Waals surface area contributed by atoms with Gasteiger partial charge in [-0.1, -0.05) is 35.3 Å². The number of nitrogens with two attached hydrogens (primary N) is 1. The Kier molecular flexibility index (Phi) is 7.60. The van der Waals surface area contributed by atoms with Gasteiger partial charge >= 0.3 is 0 Å². The number of hydrogen-bond acceptors (Lipinski definition) is 8. The molecule has 12 heteroatoms. The number of hydrogen-bond donors (Lipinski definition) is 1. The molecule has 0 radical (unpaired) electrons. The van der Waals surface area contributed by atoms with E-state index in [0.29, 0.717) is 10.8 Å². The summed E-state index contributed by atoms with van der Waals surface area (Å²) in [6, 6.07) is 9.61. The number of benzene rings is 1. The molecule has 3 aromatic rings. The molecule has 8 nitrogen and oxygen atoms in total. The summed E-state index contributed by atoms with van der Waals surface area (Å²) >= 11 is 13.4. The Morgan fingerprint density at radius 1 is 1.19 bits per heavy atom. The third kappa shape index (κ3) is 5.21. The maximum Gasteiger partial charge on any atom is 0.266 e. The maximum absolute atomic E-state index is 13.1. The Bertz CT molecular complexity index is 1170. The van der Waals surface area contributed by atoms with Crippen LogP contribution in [0.3, 0.4) is 0 Å². The van der Waals surface area contributed by atoms with Crippen molar-refractivity contribution in [3.05, 3.63) is 64.5 Å². The van der Waals surface area contributed by atoms with Crippen LogP contribution < -0.4 is 14.8 Å². The molecule has 0 fully saturated rings. The van der Waals surface area contributed by atoms with Crippen molar-refractivity contribution in [2.45, 2.75) is 16.0 Å². The summed E-state index contributed by atoms with van der Waals surface area (Å²) in [5, 5.41) is 0.586. The number of halogens is 2. The molecule has 0 aliphatic carbocycles. The molecule has 0 saturated carbocycles. The number of methoxy groups -OCH3 is 1. The number of pyridine rings is 1. The second-order valence-electron chi connectivity index (χ2n) is 6.24. The molecule has 0 aliphatic rings. The van der Waals surface area contributed by atoms with Crippen molar-refractivity contribution in [3.8, 4) is 5.88 Å². The van der Waals surface area contributed by atoms with Crippen LogP contribution >= 0.6 is 35.0 Å². The average molecular weight is 500 g/mol. The highest BCUT2D eigenvalue weighted by atomic mass is 35.5. The number of aromatic nitrogens is 3. The molecular formula is C19H19Cl2N5O3S2. The first-order chi connectivity index (χ1) is 14.8. The van der Waals surface area contributed by atoms with Crippen LogP contribution in [0.4, 0.5) is 5.82 Å². The molecule has 0 spiro atoms. The van der Waals surface area contributed by atoms with E-state index in [1.54, 1.807) is 6.20 Å². The topological polar surface area (TPSA) is 111 Å². The maximum atomic E-state index is 13.1.